The molecule has 0 radical (unpaired) electrons. The topological polar surface area (TPSA) is 78.5 Å². The van der Waals surface area contributed by atoms with Crippen LogP contribution in [0.2, 0.25) is 0 Å². The highest BCUT2D eigenvalue weighted by atomic mass is 79.9. The van der Waals surface area contributed by atoms with Crippen molar-refractivity contribution >= 4 is 39.6 Å². The number of carbonyl (C=O) groups excluding carboxylic acids is 2. The molecule has 2 aromatic rings. The molecule has 0 saturated carbocycles. The molecule has 0 saturated heterocycles. The number of ether oxygens (including phenoxy) is 1. The monoisotopic (exact) mass is 388 g/mol. The number of carbonyl (C=O) groups is 2. The molecule has 1 N–H and O–H groups in total. The van der Waals surface area contributed by atoms with Gasteiger partial charge in [0.1, 0.15) is 5.75 Å². The number of aromatic carboxylic acids is 1. The van der Waals surface area contributed by atoms with Crippen LogP contribution in [0.15, 0.2) is 53.0 Å². The molecule has 124 valence electrons. The van der Waals surface area contributed by atoms with E-state index < -0.39 is 5.97 Å². The van der Waals surface area contributed by atoms with E-state index in [-0.39, 0.29) is 11.5 Å². The van der Waals surface area contributed by atoms with Gasteiger partial charge in [0.05, 0.1) is 12.6 Å². The van der Waals surface area contributed by atoms with Gasteiger partial charge in [0.25, 0.3) is 0 Å². The summed E-state index contributed by atoms with van der Waals surface area (Å²) < 4.78 is 6.39. The molecule has 0 bridgehead atoms. The van der Waals surface area contributed by atoms with Crippen LogP contribution in [0.25, 0.3) is 6.08 Å². The maximum Gasteiger partial charge on any atom is 0.248 e. The molecule has 2 aromatic carbocycles. The summed E-state index contributed by atoms with van der Waals surface area (Å²) in [5.74, 6) is -0.910. The largest absolute Gasteiger partial charge is 0.545 e. The maximum atomic E-state index is 12.0. The molecular formula is C18H15BrNO4-. The Kier molecular flexibility index (Phi) is 6.14. The Morgan fingerprint density at radius 2 is 1.92 bits per heavy atom. The van der Waals surface area contributed by atoms with Gasteiger partial charge >= 0.3 is 0 Å². The Balaban J connectivity index is 2.07. The molecule has 24 heavy (non-hydrogen) atoms. The lowest BCUT2D eigenvalue weighted by molar-refractivity contribution is -0.255. The second-order valence-electron chi connectivity index (χ2n) is 4.80. The van der Waals surface area contributed by atoms with Crippen LogP contribution in [0.1, 0.15) is 22.8 Å². The molecule has 0 heterocycles. The summed E-state index contributed by atoms with van der Waals surface area (Å²) in [5, 5.41) is 13.3. The summed E-state index contributed by atoms with van der Waals surface area (Å²) in [6.45, 7) is 2.41. The van der Waals surface area contributed by atoms with Gasteiger partial charge in [0.2, 0.25) is 5.91 Å². The van der Waals surface area contributed by atoms with Gasteiger partial charge in [-0.25, -0.2) is 0 Å². The van der Waals surface area contributed by atoms with Crippen molar-refractivity contribution in [1.82, 2.24) is 0 Å². The van der Waals surface area contributed by atoms with Crippen molar-refractivity contribution in [2.45, 2.75) is 6.92 Å². The van der Waals surface area contributed by atoms with Crippen LogP contribution in [0.5, 0.6) is 5.75 Å². The number of halogens is 1. The third kappa shape index (κ3) is 4.96. The molecule has 0 aliphatic heterocycles. The first kappa shape index (κ1) is 17.7. The van der Waals surface area contributed by atoms with E-state index in [1.54, 1.807) is 6.08 Å². The van der Waals surface area contributed by atoms with Crippen LogP contribution in [-0.4, -0.2) is 18.5 Å². The zero-order valence-corrected chi connectivity index (χ0v) is 14.5. The molecule has 2 rings (SSSR count). The predicted molar refractivity (Wildman–Crippen MR) is 93.7 cm³/mol. The molecule has 6 heteroatoms. The van der Waals surface area contributed by atoms with Gasteiger partial charge in [0, 0.05) is 21.8 Å². The van der Waals surface area contributed by atoms with Gasteiger partial charge in [0.15, 0.2) is 0 Å². The fourth-order valence-corrected chi connectivity index (χ4v) is 2.35. The molecule has 0 aliphatic carbocycles. The highest BCUT2D eigenvalue weighted by Gasteiger charge is 2.03. The number of nitrogens with one attached hydrogen (secondary N) is 1. The second kappa shape index (κ2) is 8.31. The van der Waals surface area contributed by atoms with Gasteiger partial charge in [-0.15, -0.1) is 0 Å². The summed E-state index contributed by atoms with van der Waals surface area (Å²) in [7, 11) is 0. The fraction of sp³-hybridized carbons (Fsp3) is 0.111. The number of hydrogen-bond acceptors (Lipinski definition) is 4. The number of carboxylic acid groups (broad SMARTS) is 1. The normalized spacial score (nSPS) is 10.6. The summed E-state index contributed by atoms with van der Waals surface area (Å²) in [4.78, 5) is 22.7. The van der Waals surface area contributed by atoms with Crippen LogP contribution in [0.4, 0.5) is 5.69 Å². The Morgan fingerprint density at radius 3 is 2.54 bits per heavy atom. The number of rotatable bonds is 6. The molecule has 0 fully saturated rings. The number of amides is 1. The quantitative estimate of drug-likeness (QED) is 0.771. The van der Waals surface area contributed by atoms with E-state index in [1.807, 2.05) is 25.1 Å². The second-order valence-corrected chi connectivity index (χ2v) is 5.72. The molecule has 1 amide bonds. The smallest absolute Gasteiger partial charge is 0.248 e. The molecule has 0 spiro atoms. The first-order chi connectivity index (χ1) is 11.5. The van der Waals surface area contributed by atoms with E-state index in [0.29, 0.717) is 18.0 Å². The number of anilines is 1. The van der Waals surface area contributed by atoms with Crippen LogP contribution >= 0.6 is 15.9 Å². The van der Waals surface area contributed by atoms with E-state index >= 15 is 0 Å². The molecule has 0 unspecified atom stereocenters. The highest BCUT2D eigenvalue weighted by Crippen LogP contribution is 2.24. The predicted octanol–water partition coefficient (Wildman–Crippen LogP) is 2.86. The summed E-state index contributed by atoms with van der Waals surface area (Å²) in [5.41, 5.74) is 1.32. The van der Waals surface area contributed by atoms with Crippen molar-refractivity contribution in [3.05, 3.63) is 64.1 Å². The third-order valence-corrected chi connectivity index (χ3v) is 3.57. The minimum Gasteiger partial charge on any atom is -0.545 e. The van der Waals surface area contributed by atoms with Gasteiger partial charge in [-0.3, -0.25) is 4.79 Å². The fourth-order valence-electron chi connectivity index (χ4n) is 1.98. The molecule has 0 aromatic heterocycles. The Morgan fingerprint density at radius 1 is 1.21 bits per heavy atom. The van der Waals surface area contributed by atoms with Gasteiger partial charge in [-0.05, 0) is 48.9 Å². The van der Waals surface area contributed by atoms with Crippen molar-refractivity contribution in [2.75, 3.05) is 11.9 Å². The number of hydrogen-bond donors (Lipinski definition) is 1. The maximum absolute atomic E-state index is 12.0. The van der Waals surface area contributed by atoms with E-state index in [1.165, 1.54) is 30.3 Å². The van der Waals surface area contributed by atoms with Crippen LogP contribution in [0.3, 0.4) is 0 Å². The van der Waals surface area contributed by atoms with Crippen molar-refractivity contribution < 1.29 is 19.4 Å². The van der Waals surface area contributed by atoms with Crippen molar-refractivity contribution in [2.24, 2.45) is 0 Å². The zero-order valence-electron chi connectivity index (χ0n) is 12.9. The van der Waals surface area contributed by atoms with Gasteiger partial charge < -0.3 is 20.0 Å². The number of benzene rings is 2. The van der Waals surface area contributed by atoms with E-state index in [0.717, 1.165) is 10.0 Å². The van der Waals surface area contributed by atoms with Crippen molar-refractivity contribution in [1.29, 1.82) is 0 Å². The summed E-state index contributed by atoms with van der Waals surface area (Å²) in [6.07, 6.45) is 3.04. The van der Waals surface area contributed by atoms with E-state index in [2.05, 4.69) is 21.2 Å². The van der Waals surface area contributed by atoms with Crippen LogP contribution in [0, 0.1) is 0 Å². The lowest BCUT2D eigenvalue weighted by Crippen LogP contribution is -2.22. The summed E-state index contributed by atoms with van der Waals surface area (Å²) >= 11 is 3.38. The first-order valence-corrected chi connectivity index (χ1v) is 8.01. The Bertz CT molecular complexity index is 769. The minimum absolute atomic E-state index is 0.0547. The van der Waals surface area contributed by atoms with Crippen LogP contribution in [-0.2, 0) is 4.79 Å². The first-order valence-electron chi connectivity index (χ1n) is 7.22. The zero-order chi connectivity index (χ0) is 17.5. The van der Waals surface area contributed by atoms with E-state index in [4.69, 9.17) is 4.74 Å². The molecule has 0 aliphatic rings. The van der Waals surface area contributed by atoms with Crippen molar-refractivity contribution in [3.63, 3.8) is 0 Å². The molecule has 0 atom stereocenters. The number of carboxylic acids is 1. The average molecular weight is 389 g/mol. The standard InChI is InChI=1S/C18H16BrNO4/c1-2-24-16-9-6-14(19)11-13(16)5-10-17(21)20-15-7-3-12(4-8-15)18(22)23/h3-11H,2H2,1H3,(H,20,21)(H,22,23)/p-1/b10-5+. The highest BCUT2D eigenvalue weighted by molar-refractivity contribution is 9.10. The third-order valence-electron chi connectivity index (χ3n) is 3.07. The van der Waals surface area contributed by atoms with Gasteiger partial charge in [-0.1, -0.05) is 28.1 Å². The molecular weight excluding hydrogens is 374 g/mol. The summed E-state index contributed by atoms with van der Waals surface area (Å²) in [6, 6.07) is 11.3. The van der Waals surface area contributed by atoms with Crippen molar-refractivity contribution in [3.8, 4) is 5.75 Å². The molecule has 5 nitrogen and oxygen atoms in total. The lowest BCUT2D eigenvalue weighted by atomic mass is 10.2. The van der Waals surface area contributed by atoms with Crippen LogP contribution < -0.4 is 15.2 Å². The Labute approximate surface area is 148 Å². The van der Waals surface area contributed by atoms with E-state index in [9.17, 15) is 14.7 Å². The van der Waals surface area contributed by atoms with Gasteiger partial charge in [-0.2, -0.15) is 0 Å². The minimum atomic E-state index is -1.26. The Hall–Kier alpha value is -2.60. The lowest BCUT2D eigenvalue weighted by Gasteiger charge is -2.08. The SMILES string of the molecule is CCOc1ccc(Br)cc1/C=C/C(=O)Nc1ccc(C(=O)[O-])cc1. The average Bonchev–Trinajstić information content (AvgIpc) is 2.55.